The van der Waals surface area contributed by atoms with E-state index in [1.807, 2.05) is 43.8 Å². The monoisotopic (exact) mass is 328 g/mol. The molecule has 2 aromatic rings. The van der Waals surface area contributed by atoms with Crippen LogP contribution in [0.15, 0.2) is 22.9 Å². The third-order valence-corrected chi connectivity index (χ3v) is 5.47. The topological polar surface area (TPSA) is 54.5 Å². The summed E-state index contributed by atoms with van der Waals surface area (Å²) in [5.41, 5.74) is 2.94. The number of hydrogen-bond acceptors (Lipinski definition) is 4. The van der Waals surface area contributed by atoms with Crippen molar-refractivity contribution < 1.29 is 9.32 Å². The zero-order valence-electron chi connectivity index (χ0n) is 14.5. The summed E-state index contributed by atoms with van der Waals surface area (Å²) in [6.07, 6.45) is 3.05. The number of fused-ring (bicyclic) bond motifs is 2. The van der Waals surface area contributed by atoms with Crippen LogP contribution in [-0.2, 0) is 13.6 Å². The molecule has 2 aliphatic rings. The molecule has 4 heterocycles. The van der Waals surface area contributed by atoms with Crippen LogP contribution in [0.5, 0.6) is 0 Å². The van der Waals surface area contributed by atoms with Gasteiger partial charge in [-0.1, -0.05) is 5.16 Å². The van der Waals surface area contributed by atoms with Crippen molar-refractivity contribution >= 4 is 5.91 Å². The van der Waals surface area contributed by atoms with Crippen molar-refractivity contribution in [3.8, 4) is 0 Å². The Labute approximate surface area is 142 Å². The van der Waals surface area contributed by atoms with Crippen LogP contribution in [0.4, 0.5) is 0 Å². The summed E-state index contributed by atoms with van der Waals surface area (Å²) in [5.74, 6) is 1.63. The Bertz CT molecular complexity index is 743. The zero-order valence-corrected chi connectivity index (χ0v) is 14.5. The van der Waals surface area contributed by atoms with Crippen LogP contribution in [0.2, 0.25) is 0 Å². The molecule has 24 heavy (non-hydrogen) atoms. The lowest BCUT2D eigenvalue weighted by Gasteiger charge is -2.32. The van der Waals surface area contributed by atoms with Gasteiger partial charge in [0.25, 0.3) is 5.91 Å². The maximum Gasteiger partial charge on any atom is 0.270 e. The number of amides is 1. The molecule has 2 atom stereocenters. The molecular formula is C18H24N4O2. The van der Waals surface area contributed by atoms with Crippen LogP contribution in [0.1, 0.15) is 33.9 Å². The predicted octanol–water partition coefficient (Wildman–Crippen LogP) is 1.98. The van der Waals surface area contributed by atoms with E-state index in [1.165, 1.54) is 5.56 Å². The standard InChI is InChI=1S/C18H24N4O2/c1-12-16(13(2)24-19-12)11-21-8-14-7-15(10-21)22(9-14)18(23)17-5-4-6-20(17)3/h4-6,14-15H,7-11H2,1-3H3. The number of nitrogens with zero attached hydrogens (tertiary/aromatic N) is 4. The number of hydrogen-bond donors (Lipinski definition) is 0. The van der Waals surface area contributed by atoms with Gasteiger partial charge in [-0.25, -0.2) is 0 Å². The molecule has 4 rings (SSSR count). The minimum Gasteiger partial charge on any atom is -0.361 e. The fraction of sp³-hybridized carbons (Fsp3) is 0.556. The highest BCUT2D eigenvalue weighted by molar-refractivity contribution is 5.93. The van der Waals surface area contributed by atoms with E-state index in [1.54, 1.807) is 0 Å². The Kier molecular flexibility index (Phi) is 3.72. The van der Waals surface area contributed by atoms with Gasteiger partial charge in [-0.15, -0.1) is 0 Å². The number of likely N-dealkylation sites (tertiary alicyclic amines) is 2. The van der Waals surface area contributed by atoms with Gasteiger partial charge in [-0.05, 0) is 38.3 Å². The van der Waals surface area contributed by atoms with Gasteiger partial charge >= 0.3 is 0 Å². The second-order valence-electron chi connectivity index (χ2n) is 7.21. The van der Waals surface area contributed by atoms with Crippen LogP contribution in [-0.4, -0.2) is 51.1 Å². The van der Waals surface area contributed by atoms with E-state index in [0.29, 0.717) is 12.0 Å². The number of piperidine rings is 1. The maximum atomic E-state index is 12.9. The molecule has 2 bridgehead atoms. The molecule has 2 aliphatic heterocycles. The predicted molar refractivity (Wildman–Crippen MR) is 89.6 cm³/mol. The molecule has 0 saturated carbocycles. The van der Waals surface area contributed by atoms with Gasteiger partial charge in [-0.2, -0.15) is 0 Å². The number of aryl methyl sites for hydroxylation is 3. The first-order valence-corrected chi connectivity index (χ1v) is 8.59. The van der Waals surface area contributed by atoms with E-state index < -0.39 is 0 Å². The SMILES string of the molecule is Cc1noc(C)c1CN1CC2CC(C1)N(C(=O)c1cccn1C)C2. The first kappa shape index (κ1) is 15.4. The van der Waals surface area contributed by atoms with Gasteiger partial charge in [-0.3, -0.25) is 9.69 Å². The maximum absolute atomic E-state index is 12.9. The summed E-state index contributed by atoms with van der Waals surface area (Å²) in [4.78, 5) is 17.4. The minimum atomic E-state index is 0.161. The number of rotatable bonds is 3. The van der Waals surface area contributed by atoms with Crippen LogP contribution < -0.4 is 0 Å². The second-order valence-corrected chi connectivity index (χ2v) is 7.21. The first-order chi connectivity index (χ1) is 11.5. The summed E-state index contributed by atoms with van der Waals surface area (Å²) in [6.45, 7) is 7.66. The fourth-order valence-corrected chi connectivity index (χ4v) is 4.22. The molecule has 2 saturated heterocycles. The summed E-state index contributed by atoms with van der Waals surface area (Å²) in [5, 5.41) is 4.05. The summed E-state index contributed by atoms with van der Waals surface area (Å²) < 4.78 is 7.19. The lowest BCUT2D eigenvalue weighted by atomic mass is 9.99. The summed E-state index contributed by atoms with van der Waals surface area (Å²) in [6, 6.07) is 4.15. The van der Waals surface area contributed by atoms with Crippen molar-refractivity contribution in [3.63, 3.8) is 0 Å². The molecule has 1 amide bonds. The van der Waals surface area contributed by atoms with E-state index in [9.17, 15) is 4.79 Å². The second kappa shape index (κ2) is 5.77. The van der Waals surface area contributed by atoms with Crippen molar-refractivity contribution in [1.29, 1.82) is 0 Å². The van der Waals surface area contributed by atoms with E-state index in [0.717, 1.165) is 49.7 Å². The van der Waals surface area contributed by atoms with Gasteiger partial charge in [0.05, 0.1) is 5.69 Å². The molecular weight excluding hydrogens is 304 g/mol. The van der Waals surface area contributed by atoms with Gasteiger partial charge in [0, 0.05) is 51.0 Å². The smallest absolute Gasteiger partial charge is 0.270 e. The van der Waals surface area contributed by atoms with E-state index in [-0.39, 0.29) is 5.91 Å². The third kappa shape index (κ3) is 2.55. The normalized spacial score (nSPS) is 23.9. The Hall–Kier alpha value is -2.08. The van der Waals surface area contributed by atoms with Gasteiger partial charge in [0.1, 0.15) is 11.5 Å². The van der Waals surface area contributed by atoms with Crippen LogP contribution in [0.25, 0.3) is 0 Å². The molecule has 0 aliphatic carbocycles. The molecule has 6 nitrogen and oxygen atoms in total. The van der Waals surface area contributed by atoms with Crippen LogP contribution in [0.3, 0.4) is 0 Å². The van der Waals surface area contributed by atoms with E-state index in [2.05, 4.69) is 15.0 Å². The van der Waals surface area contributed by atoms with Gasteiger partial charge in [0.2, 0.25) is 0 Å². The van der Waals surface area contributed by atoms with Crippen molar-refractivity contribution in [1.82, 2.24) is 19.5 Å². The van der Waals surface area contributed by atoms with Crippen molar-refractivity contribution in [3.05, 3.63) is 41.0 Å². The highest BCUT2D eigenvalue weighted by atomic mass is 16.5. The van der Waals surface area contributed by atoms with Crippen molar-refractivity contribution in [2.24, 2.45) is 13.0 Å². The summed E-state index contributed by atoms with van der Waals surface area (Å²) in [7, 11) is 1.93. The van der Waals surface area contributed by atoms with E-state index in [4.69, 9.17) is 4.52 Å². The number of aromatic nitrogens is 2. The van der Waals surface area contributed by atoms with Gasteiger partial charge in [0.15, 0.2) is 0 Å². The third-order valence-electron chi connectivity index (χ3n) is 5.47. The van der Waals surface area contributed by atoms with Crippen molar-refractivity contribution in [2.45, 2.75) is 32.9 Å². The molecule has 2 aromatic heterocycles. The molecule has 2 fully saturated rings. The Morgan fingerprint density at radius 2 is 2.17 bits per heavy atom. The molecule has 128 valence electrons. The molecule has 0 aromatic carbocycles. The lowest BCUT2D eigenvalue weighted by Crippen LogP contribution is -2.44. The Morgan fingerprint density at radius 3 is 2.83 bits per heavy atom. The zero-order chi connectivity index (χ0) is 16.8. The highest BCUT2D eigenvalue weighted by Gasteiger charge is 2.41. The average Bonchev–Trinajstić information content (AvgIpc) is 3.20. The highest BCUT2D eigenvalue weighted by Crippen LogP contribution is 2.32. The Balaban J connectivity index is 1.48. The van der Waals surface area contributed by atoms with E-state index >= 15 is 0 Å². The minimum absolute atomic E-state index is 0.161. The molecule has 0 radical (unpaired) electrons. The first-order valence-electron chi connectivity index (χ1n) is 8.59. The number of carbonyl (C=O) groups is 1. The average molecular weight is 328 g/mol. The molecule has 2 unspecified atom stereocenters. The van der Waals surface area contributed by atoms with Crippen LogP contribution >= 0.6 is 0 Å². The molecule has 6 heteroatoms. The lowest BCUT2D eigenvalue weighted by molar-refractivity contribution is 0.0702. The Morgan fingerprint density at radius 1 is 1.33 bits per heavy atom. The van der Waals surface area contributed by atoms with Gasteiger partial charge < -0.3 is 14.0 Å². The van der Waals surface area contributed by atoms with Crippen molar-refractivity contribution in [2.75, 3.05) is 19.6 Å². The van der Waals surface area contributed by atoms with Crippen LogP contribution in [0, 0.1) is 19.8 Å². The quantitative estimate of drug-likeness (QED) is 0.864. The number of carbonyl (C=O) groups excluding carboxylic acids is 1. The largest absolute Gasteiger partial charge is 0.361 e. The molecule has 0 spiro atoms. The fourth-order valence-electron chi connectivity index (χ4n) is 4.22. The molecule has 0 N–H and O–H groups in total. The summed E-state index contributed by atoms with van der Waals surface area (Å²) >= 11 is 0.